The second-order valence-electron chi connectivity index (χ2n) is 3.54. The van der Waals surface area contributed by atoms with Gasteiger partial charge in [0.05, 0.1) is 11.1 Å². The Hall–Kier alpha value is -0.200. The lowest BCUT2D eigenvalue weighted by molar-refractivity contribution is 0.578. The fourth-order valence-corrected chi connectivity index (χ4v) is 3.35. The average molecular weight is 373 g/mol. The molecule has 0 aliphatic rings. The van der Waals surface area contributed by atoms with E-state index in [9.17, 15) is 8.78 Å². The topological polar surface area (TPSA) is 26.0 Å². The van der Waals surface area contributed by atoms with Gasteiger partial charge in [0.2, 0.25) is 0 Å². The molecule has 0 amide bonds. The zero-order valence-electron chi connectivity index (χ0n) is 8.68. The van der Waals surface area contributed by atoms with Crippen molar-refractivity contribution in [3.63, 3.8) is 0 Å². The fourth-order valence-electron chi connectivity index (χ4n) is 1.45. The molecule has 1 aromatic heterocycles. The average Bonchev–Trinajstić information content (AvgIpc) is 2.63. The molecule has 7 heteroatoms. The van der Waals surface area contributed by atoms with Gasteiger partial charge in [-0.3, -0.25) is 0 Å². The molecule has 0 fully saturated rings. The molecule has 18 heavy (non-hydrogen) atoms. The summed E-state index contributed by atoms with van der Waals surface area (Å²) in [4.78, 5) is 0.632. The van der Waals surface area contributed by atoms with Crippen LogP contribution in [0, 0.1) is 11.6 Å². The SMILES string of the molecule is NC(c1cc(Br)c(Cl)s1)c1cc(F)c(Cl)cc1F. The van der Waals surface area contributed by atoms with Gasteiger partial charge in [-0.1, -0.05) is 23.2 Å². The molecule has 2 rings (SSSR count). The summed E-state index contributed by atoms with van der Waals surface area (Å²) >= 11 is 15.8. The lowest BCUT2D eigenvalue weighted by atomic mass is 10.1. The van der Waals surface area contributed by atoms with Crippen LogP contribution in [0.2, 0.25) is 9.36 Å². The predicted molar refractivity (Wildman–Crippen MR) is 74.4 cm³/mol. The number of nitrogens with two attached hydrogens (primary N) is 1. The molecule has 1 aromatic carbocycles. The Kier molecular flexibility index (Phi) is 4.29. The summed E-state index contributed by atoms with van der Waals surface area (Å²) in [6, 6.07) is 2.81. The molecule has 2 N–H and O–H groups in total. The minimum atomic E-state index is -0.787. The van der Waals surface area contributed by atoms with Crippen LogP contribution in [0.5, 0.6) is 0 Å². The van der Waals surface area contributed by atoms with Crippen LogP contribution in [0.15, 0.2) is 22.7 Å². The third-order valence-corrected chi connectivity index (χ3v) is 5.19. The Morgan fingerprint density at radius 1 is 1.17 bits per heavy atom. The van der Waals surface area contributed by atoms with Gasteiger partial charge in [-0.25, -0.2) is 8.78 Å². The number of hydrogen-bond donors (Lipinski definition) is 1. The van der Waals surface area contributed by atoms with Crippen molar-refractivity contribution in [2.45, 2.75) is 6.04 Å². The quantitative estimate of drug-likeness (QED) is 0.725. The Balaban J connectivity index is 2.45. The molecule has 1 atom stereocenters. The summed E-state index contributed by atoms with van der Waals surface area (Å²) in [6.07, 6.45) is 0. The van der Waals surface area contributed by atoms with Crippen LogP contribution in [0.3, 0.4) is 0 Å². The molecule has 1 heterocycles. The van der Waals surface area contributed by atoms with Gasteiger partial charge in [-0.15, -0.1) is 11.3 Å². The molecule has 0 aliphatic heterocycles. The summed E-state index contributed by atoms with van der Waals surface area (Å²) in [5.74, 6) is -1.35. The number of thiophene rings is 1. The van der Waals surface area contributed by atoms with E-state index in [0.717, 1.165) is 12.1 Å². The van der Waals surface area contributed by atoms with Gasteiger partial charge in [0.25, 0.3) is 0 Å². The highest BCUT2D eigenvalue weighted by molar-refractivity contribution is 9.10. The van der Waals surface area contributed by atoms with Crippen molar-refractivity contribution in [2.24, 2.45) is 5.73 Å². The molecule has 0 bridgehead atoms. The zero-order chi connectivity index (χ0) is 13.4. The largest absolute Gasteiger partial charge is 0.320 e. The first-order chi connectivity index (χ1) is 8.40. The molecule has 1 unspecified atom stereocenters. The van der Waals surface area contributed by atoms with Crippen molar-refractivity contribution in [3.05, 3.63) is 54.1 Å². The maximum atomic E-state index is 13.7. The van der Waals surface area contributed by atoms with Crippen LogP contribution in [0.1, 0.15) is 16.5 Å². The second-order valence-corrected chi connectivity index (χ2v) is 6.48. The maximum absolute atomic E-state index is 13.7. The molecule has 0 radical (unpaired) electrons. The third kappa shape index (κ3) is 2.70. The van der Waals surface area contributed by atoms with Crippen molar-refractivity contribution in [2.75, 3.05) is 0 Å². The number of benzene rings is 1. The normalized spacial score (nSPS) is 12.8. The van der Waals surface area contributed by atoms with E-state index < -0.39 is 17.7 Å². The van der Waals surface area contributed by atoms with E-state index in [-0.39, 0.29) is 10.6 Å². The van der Waals surface area contributed by atoms with E-state index in [0.29, 0.717) is 13.7 Å². The summed E-state index contributed by atoms with van der Waals surface area (Å²) in [5, 5.41) is -0.270. The van der Waals surface area contributed by atoms with Crippen LogP contribution in [-0.4, -0.2) is 0 Å². The molecule has 2 aromatic rings. The monoisotopic (exact) mass is 371 g/mol. The van der Waals surface area contributed by atoms with E-state index >= 15 is 0 Å². The van der Waals surface area contributed by atoms with Gasteiger partial charge >= 0.3 is 0 Å². The summed E-state index contributed by atoms with van der Waals surface area (Å²) in [6.45, 7) is 0. The van der Waals surface area contributed by atoms with Crippen molar-refractivity contribution < 1.29 is 8.78 Å². The van der Waals surface area contributed by atoms with Crippen molar-refractivity contribution in [1.29, 1.82) is 0 Å². The van der Waals surface area contributed by atoms with Crippen LogP contribution < -0.4 is 5.73 Å². The molecule has 96 valence electrons. The number of hydrogen-bond acceptors (Lipinski definition) is 2. The first kappa shape index (κ1) is 14.2. The fraction of sp³-hybridized carbons (Fsp3) is 0.0909. The van der Waals surface area contributed by atoms with E-state index in [1.165, 1.54) is 11.3 Å². The van der Waals surface area contributed by atoms with Crippen LogP contribution in [-0.2, 0) is 0 Å². The highest BCUT2D eigenvalue weighted by atomic mass is 79.9. The molecular formula is C11H6BrCl2F2NS. The smallest absolute Gasteiger partial charge is 0.142 e. The molecular weight excluding hydrogens is 367 g/mol. The first-order valence-corrected chi connectivity index (χ1v) is 7.11. The minimum Gasteiger partial charge on any atom is -0.320 e. The Morgan fingerprint density at radius 3 is 2.39 bits per heavy atom. The number of halogens is 5. The van der Waals surface area contributed by atoms with Crippen molar-refractivity contribution in [3.8, 4) is 0 Å². The lowest BCUT2D eigenvalue weighted by Crippen LogP contribution is -2.12. The molecule has 0 saturated heterocycles. The lowest BCUT2D eigenvalue weighted by Gasteiger charge is -2.11. The van der Waals surface area contributed by atoms with Crippen LogP contribution in [0.4, 0.5) is 8.78 Å². The number of rotatable bonds is 2. The van der Waals surface area contributed by atoms with Gasteiger partial charge in [0.15, 0.2) is 0 Å². The zero-order valence-corrected chi connectivity index (χ0v) is 12.6. The highest BCUT2D eigenvalue weighted by Gasteiger charge is 2.19. The molecule has 0 spiro atoms. The minimum absolute atomic E-state index is 0.0438. The van der Waals surface area contributed by atoms with Crippen molar-refractivity contribution >= 4 is 50.5 Å². The first-order valence-electron chi connectivity index (χ1n) is 4.75. The van der Waals surface area contributed by atoms with E-state index in [2.05, 4.69) is 15.9 Å². The predicted octanol–water partition coefficient (Wildman–Crippen LogP) is 5.14. The standard InChI is InChI=1S/C11H6BrCl2F2NS/c12-5-2-9(18-11(5)14)10(17)4-1-8(16)6(13)3-7(4)15/h1-3,10H,17H2. The van der Waals surface area contributed by atoms with Gasteiger partial charge in [-0.05, 0) is 34.1 Å². The van der Waals surface area contributed by atoms with Gasteiger partial charge in [0, 0.05) is 14.9 Å². The van der Waals surface area contributed by atoms with Gasteiger partial charge in [-0.2, -0.15) is 0 Å². The van der Waals surface area contributed by atoms with E-state index in [1.54, 1.807) is 6.07 Å². The summed E-state index contributed by atoms with van der Waals surface area (Å²) in [7, 11) is 0. The maximum Gasteiger partial charge on any atom is 0.142 e. The van der Waals surface area contributed by atoms with E-state index in [4.69, 9.17) is 28.9 Å². The van der Waals surface area contributed by atoms with Crippen LogP contribution in [0.25, 0.3) is 0 Å². The van der Waals surface area contributed by atoms with Gasteiger partial charge in [0.1, 0.15) is 16.0 Å². The third-order valence-electron chi connectivity index (χ3n) is 2.35. The van der Waals surface area contributed by atoms with E-state index in [1.807, 2.05) is 0 Å². The summed E-state index contributed by atoms with van der Waals surface area (Å²) in [5.41, 5.74) is 5.94. The Labute approximate surface area is 125 Å². The molecule has 0 saturated carbocycles. The van der Waals surface area contributed by atoms with Crippen LogP contribution >= 0.6 is 50.5 Å². The Bertz CT molecular complexity index is 583. The Morgan fingerprint density at radius 2 is 1.83 bits per heavy atom. The molecule has 1 nitrogen and oxygen atoms in total. The summed E-state index contributed by atoms with van der Waals surface area (Å²) < 4.78 is 28.2. The second kappa shape index (κ2) is 5.43. The molecule has 0 aliphatic carbocycles. The highest BCUT2D eigenvalue weighted by Crippen LogP contribution is 2.37. The van der Waals surface area contributed by atoms with Crippen molar-refractivity contribution in [1.82, 2.24) is 0 Å². The van der Waals surface area contributed by atoms with Gasteiger partial charge < -0.3 is 5.73 Å².